The minimum atomic E-state index is 0.836. The maximum absolute atomic E-state index is 4.10. The summed E-state index contributed by atoms with van der Waals surface area (Å²) in [6.07, 6.45) is 15.9. The van der Waals surface area contributed by atoms with Gasteiger partial charge >= 0.3 is 0 Å². The summed E-state index contributed by atoms with van der Waals surface area (Å²) in [5.74, 6) is 0. The van der Waals surface area contributed by atoms with Crippen molar-refractivity contribution in [2.75, 3.05) is 0 Å². The Morgan fingerprint density at radius 1 is 0.438 bits per heavy atom. The Morgan fingerprint density at radius 3 is 1.16 bits per heavy atom. The molecule has 0 saturated heterocycles. The average Bonchev–Trinajstić information content (AvgIpc) is 2.87. The van der Waals surface area contributed by atoms with Gasteiger partial charge in [0, 0.05) is 60.2 Å². The molecule has 0 aliphatic rings. The molecule has 0 amide bonds. The van der Waals surface area contributed by atoms with Crippen molar-refractivity contribution in [3.05, 3.63) is 133 Å². The normalized spacial score (nSPS) is 10.8. The van der Waals surface area contributed by atoms with Gasteiger partial charge in [-0.15, -0.1) is 0 Å². The van der Waals surface area contributed by atoms with Gasteiger partial charge in [0.1, 0.15) is 0 Å². The first kappa shape index (κ1) is 19.8. The van der Waals surface area contributed by atoms with E-state index in [0.29, 0.717) is 0 Å². The fraction of sp³-hybridized carbons (Fsp3) is 0.0714. The molecule has 5 aromatic rings. The summed E-state index contributed by atoms with van der Waals surface area (Å²) in [4.78, 5) is 8.20. The molecular weight excluding hydrogens is 392 g/mol. The van der Waals surface area contributed by atoms with Crippen LogP contribution in [-0.2, 0) is 13.1 Å². The first-order chi connectivity index (χ1) is 15.8. The lowest BCUT2D eigenvalue weighted by Crippen LogP contribution is -2.36. The molecule has 4 nitrogen and oxygen atoms in total. The Kier molecular flexibility index (Phi) is 5.75. The number of hydrogen-bond acceptors (Lipinski definition) is 2. The molecule has 1 aromatic carbocycles. The van der Waals surface area contributed by atoms with Crippen molar-refractivity contribution in [1.82, 2.24) is 9.97 Å². The molecule has 0 saturated carbocycles. The third-order valence-corrected chi connectivity index (χ3v) is 5.63. The van der Waals surface area contributed by atoms with Crippen LogP contribution in [0.3, 0.4) is 0 Å². The second-order valence-electron chi connectivity index (χ2n) is 7.76. The molecule has 0 unspecified atom stereocenters. The number of benzene rings is 1. The van der Waals surface area contributed by atoms with E-state index in [-0.39, 0.29) is 0 Å². The minimum absolute atomic E-state index is 0.836. The molecule has 32 heavy (non-hydrogen) atoms. The Hall–Kier alpha value is -4.18. The summed E-state index contributed by atoms with van der Waals surface area (Å²) >= 11 is 0. The number of pyridine rings is 4. The monoisotopic (exact) mass is 416 g/mol. The van der Waals surface area contributed by atoms with E-state index in [4.69, 9.17) is 0 Å². The van der Waals surface area contributed by atoms with Crippen LogP contribution >= 0.6 is 0 Å². The molecule has 0 fully saturated rings. The molecule has 0 aliphatic heterocycles. The SMILES string of the molecule is c1ccc(C[n+]2ccc(-c3ccncc3)cc2)c(C[n+]2ccc(-c3ccncc3)cc2)c1. The van der Waals surface area contributed by atoms with Crippen molar-refractivity contribution in [2.24, 2.45) is 0 Å². The van der Waals surface area contributed by atoms with E-state index in [1.165, 1.54) is 33.4 Å². The standard InChI is InChI=1S/C28H24N4/c1-2-4-28(22-32-19-11-26(12-20-32)24-7-15-30-16-8-24)27(3-1)21-31-17-9-25(10-18-31)23-5-13-29-14-6-23/h1-20H,21-22H2/q+2. The fourth-order valence-corrected chi connectivity index (χ4v) is 3.86. The van der Waals surface area contributed by atoms with Gasteiger partial charge in [0.05, 0.1) is 0 Å². The molecule has 0 radical (unpaired) electrons. The highest BCUT2D eigenvalue weighted by Crippen LogP contribution is 2.17. The Morgan fingerprint density at radius 2 is 0.781 bits per heavy atom. The van der Waals surface area contributed by atoms with Gasteiger partial charge in [0.2, 0.25) is 0 Å². The maximum atomic E-state index is 4.10. The predicted octanol–water partition coefficient (Wildman–Crippen LogP) is 4.48. The zero-order valence-electron chi connectivity index (χ0n) is 17.8. The Bertz CT molecular complexity index is 1180. The van der Waals surface area contributed by atoms with E-state index in [0.717, 1.165) is 13.1 Å². The van der Waals surface area contributed by atoms with Gasteiger partial charge in [-0.3, -0.25) is 9.97 Å². The van der Waals surface area contributed by atoms with E-state index < -0.39 is 0 Å². The Labute approximate surface area is 188 Å². The molecule has 0 N–H and O–H groups in total. The number of nitrogens with zero attached hydrogens (tertiary/aromatic N) is 4. The molecule has 0 bridgehead atoms. The molecule has 0 atom stereocenters. The van der Waals surface area contributed by atoms with Gasteiger partial charge < -0.3 is 0 Å². The highest BCUT2D eigenvalue weighted by molar-refractivity contribution is 5.62. The van der Waals surface area contributed by atoms with E-state index >= 15 is 0 Å². The zero-order chi connectivity index (χ0) is 21.6. The molecule has 4 heteroatoms. The number of hydrogen-bond donors (Lipinski definition) is 0. The van der Waals surface area contributed by atoms with Gasteiger partial charge in [0.25, 0.3) is 0 Å². The summed E-state index contributed by atoms with van der Waals surface area (Å²) < 4.78 is 4.45. The van der Waals surface area contributed by atoms with Crippen LogP contribution in [0.1, 0.15) is 11.1 Å². The van der Waals surface area contributed by atoms with E-state index in [9.17, 15) is 0 Å². The van der Waals surface area contributed by atoms with Crippen molar-refractivity contribution in [2.45, 2.75) is 13.1 Å². The average molecular weight is 417 g/mol. The molecule has 5 rings (SSSR count). The van der Waals surface area contributed by atoms with Crippen molar-refractivity contribution in [3.8, 4) is 22.3 Å². The van der Waals surface area contributed by atoms with Crippen LogP contribution in [0.2, 0.25) is 0 Å². The first-order valence-electron chi connectivity index (χ1n) is 10.7. The lowest BCUT2D eigenvalue weighted by molar-refractivity contribution is -0.693. The molecule has 4 heterocycles. The van der Waals surface area contributed by atoms with E-state index in [2.05, 4.69) is 92.4 Å². The van der Waals surface area contributed by atoms with Gasteiger partial charge in [-0.2, -0.15) is 0 Å². The maximum Gasteiger partial charge on any atom is 0.174 e. The topological polar surface area (TPSA) is 33.5 Å². The molecule has 0 aliphatic carbocycles. The number of rotatable bonds is 6. The van der Waals surface area contributed by atoms with E-state index in [1.54, 1.807) is 0 Å². The van der Waals surface area contributed by atoms with Gasteiger partial charge in [-0.25, -0.2) is 9.13 Å². The molecule has 154 valence electrons. The summed E-state index contributed by atoms with van der Waals surface area (Å²) in [7, 11) is 0. The van der Waals surface area contributed by atoms with E-state index in [1.807, 2.05) is 49.1 Å². The quantitative estimate of drug-likeness (QED) is 0.383. The van der Waals surface area contributed by atoms with Crippen molar-refractivity contribution in [3.63, 3.8) is 0 Å². The van der Waals surface area contributed by atoms with Crippen LogP contribution in [0.4, 0.5) is 0 Å². The summed E-state index contributed by atoms with van der Waals surface area (Å²) in [5, 5.41) is 0. The lowest BCUT2D eigenvalue weighted by atomic mass is 10.1. The van der Waals surface area contributed by atoms with Gasteiger partial charge in [-0.1, -0.05) is 24.3 Å². The van der Waals surface area contributed by atoms with Crippen LogP contribution in [0.5, 0.6) is 0 Å². The van der Waals surface area contributed by atoms with Crippen molar-refractivity contribution in [1.29, 1.82) is 0 Å². The third kappa shape index (κ3) is 4.60. The van der Waals surface area contributed by atoms with Crippen molar-refractivity contribution >= 4 is 0 Å². The molecule has 0 spiro atoms. The smallest absolute Gasteiger partial charge is 0.174 e. The first-order valence-corrected chi connectivity index (χ1v) is 10.7. The number of aromatic nitrogens is 4. The van der Waals surface area contributed by atoms with Crippen LogP contribution < -0.4 is 9.13 Å². The molecular formula is C28H24N4+2. The van der Waals surface area contributed by atoms with Gasteiger partial charge in [-0.05, 0) is 46.5 Å². The molecule has 4 aromatic heterocycles. The lowest BCUT2D eigenvalue weighted by Gasteiger charge is -2.06. The van der Waals surface area contributed by atoms with Crippen LogP contribution in [0.15, 0.2) is 122 Å². The summed E-state index contributed by atoms with van der Waals surface area (Å²) in [6.45, 7) is 1.67. The van der Waals surface area contributed by atoms with Crippen LogP contribution in [0.25, 0.3) is 22.3 Å². The highest BCUT2D eigenvalue weighted by Gasteiger charge is 2.12. The minimum Gasteiger partial charge on any atom is -0.265 e. The summed E-state index contributed by atoms with van der Waals surface area (Å²) in [5.41, 5.74) is 7.39. The Balaban J connectivity index is 1.32. The highest BCUT2D eigenvalue weighted by atomic mass is 14.9. The predicted molar refractivity (Wildman–Crippen MR) is 124 cm³/mol. The van der Waals surface area contributed by atoms with Crippen LogP contribution in [0, 0.1) is 0 Å². The second-order valence-corrected chi connectivity index (χ2v) is 7.76. The summed E-state index contributed by atoms with van der Waals surface area (Å²) in [6, 6.07) is 25.4. The third-order valence-electron chi connectivity index (χ3n) is 5.63. The van der Waals surface area contributed by atoms with Crippen molar-refractivity contribution < 1.29 is 9.13 Å². The van der Waals surface area contributed by atoms with Crippen LogP contribution in [-0.4, -0.2) is 9.97 Å². The second kappa shape index (κ2) is 9.31. The fourth-order valence-electron chi connectivity index (χ4n) is 3.86. The largest absolute Gasteiger partial charge is 0.265 e. The van der Waals surface area contributed by atoms with Gasteiger partial charge in [0.15, 0.2) is 37.9 Å². The zero-order valence-corrected chi connectivity index (χ0v) is 17.8.